The summed E-state index contributed by atoms with van der Waals surface area (Å²) in [6, 6.07) is 0. The van der Waals surface area contributed by atoms with Crippen LogP contribution in [0.3, 0.4) is 0 Å². The van der Waals surface area contributed by atoms with Gasteiger partial charge in [0.1, 0.15) is 0 Å². The normalized spacial score (nSPS) is 10.2. The largest absolute Gasteiger partial charge is 0.396 e. The summed E-state index contributed by atoms with van der Waals surface area (Å²) in [7, 11) is 0. The molecule has 0 aliphatic rings. The summed E-state index contributed by atoms with van der Waals surface area (Å²) in [5.74, 6) is 0. The summed E-state index contributed by atoms with van der Waals surface area (Å²) in [6.07, 6.45) is -0.00829. The molecule has 0 bridgehead atoms. The van der Waals surface area contributed by atoms with Gasteiger partial charge in [0.15, 0.2) is 5.13 Å². The van der Waals surface area contributed by atoms with E-state index in [-0.39, 0.29) is 24.3 Å². The van der Waals surface area contributed by atoms with E-state index in [1.54, 1.807) is 0 Å². The maximum Gasteiger partial charge on any atom is 0.286 e. The molecule has 1 N–H and O–H groups in total. The molecule has 1 rings (SSSR count). The second kappa shape index (κ2) is 3.59. The zero-order chi connectivity index (χ0) is 9.14. The number of nitrogens with zero attached hydrogens (tertiary/aromatic N) is 1. The van der Waals surface area contributed by atoms with Gasteiger partial charge in [-0.3, -0.25) is 10.1 Å². The predicted molar refractivity (Wildman–Crippen MR) is 41.7 cm³/mol. The number of hydrogen-bond acceptors (Lipinski definition) is 4. The third kappa shape index (κ3) is 1.59. The minimum atomic E-state index is -0.648. The van der Waals surface area contributed by atoms with E-state index in [1.165, 1.54) is 0 Å². The number of thiophene rings is 1. The Morgan fingerprint density at radius 3 is 2.92 bits per heavy atom. The summed E-state index contributed by atoms with van der Waals surface area (Å²) in [6.45, 7) is -0.283. The van der Waals surface area contributed by atoms with Gasteiger partial charge in [-0.15, -0.1) is 11.3 Å². The molecule has 0 saturated carbocycles. The smallest absolute Gasteiger partial charge is 0.286 e. The molecule has 12 heavy (non-hydrogen) atoms. The van der Waals surface area contributed by atoms with Gasteiger partial charge < -0.3 is 5.11 Å². The van der Waals surface area contributed by atoms with E-state index in [1.807, 2.05) is 0 Å². The Kier molecular flexibility index (Phi) is 2.72. The van der Waals surface area contributed by atoms with Crippen LogP contribution in [0.15, 0.2) is 5.38 Å². The number of nitro groups is 1. The Bertz CT molecular complexity index is 299. The molecule has 0 spiro atoms. The fourth-order valence-corrected chi connectivity index (χ4v) is 1.63. The van der Waals surface area contributed by atoms with Gasteiger partial charge in [0.25, 0.3) is 5.69 Å². The number of aliphatic hydroxyl groups is 1. The molecule has 1 aromatic rings. The van der Waals surface area contributed by atoms with Gasteiger partial charge in [0.05, 0.1) is 15.9 Å². The monoisotopic (exact) mass is 191 g/mol. The Morgan fingerprint density at radius 2 is 2.42 bits per heavy atom. The van der Waals surface area contributed by atoms with Gasteiger partial charge >= 0.3 is 0 Å². The molecule has 66 valence electrons. The van der Waals surface area contributed by atoms with Crippen LogP contribution in [0.1, 0.15) is 5.56 Å². The van der Waals surface area contributed by atoms with Crippen LogP contribution < -0.4 is 0 Å². The SMILES string of the molecule is O=[N+]([O-])c1csc(F)c1CCO. The second-order valence-corrected chi connectivity index (χ2v) is 2.93. The summed E-state index contributed by atoms with van der Waals surface area (Å²) in [4.78, 5) is 9.63. The van der Waals surface area contributed by atoms with Crippen molar-refractivity contribution in [3.8, 4) is 0 Å². The van der Waals surface area contributed by atoms with Gasteiger partial charge in [0, 0.05) is 13.0 Å². The zero-order valence-electron chi connectivity index (χ0n) is 5.99. The molecule has 0 aliphatic heterocycles. The lowest BCUT2D eigenvalue weighted by atomic mass is 10.2. The van der Waals surface area contributed by atoms with Crippen LogP contribution >= 0.6 is 11.3 Å². The number of rotatable bonds is 3. The number of aliphatic hydroxyl groups excluding tert-OH is 1. The second-order valence-electron chi connectivity index (χ2n) is 2.10. The first-order chi connectivity index (χ1) is 5.66. The first-order valence-corrected chi connectivity index (χ1v) is 4.06. The molecule has 0 radical (unpaired) electrons. The van der Waals surface area contributed by atoms with Crippen molar-refractivity contribution in [2.24, 2.45) is 0 Å². The van der Waals surface area contributed by atoms with E-state index in [0.29, 0.717) is 11.3 Å². The maximum atomic E-state index is 12.8. The van der Waals surface area contributed by atoms with Crippen molar-refractivity contribution in [3.63, 3.8) is 0 Å². The van der Waals surface area contributed by atoms with Gasteiger partial charge in [-0.25, -0.2) is 0 Å². The minimum Gasteiger partial charge on any atom is -0.396 e. The van der Waals surface area contributed by atoms with Crippen molar-refractivity contribution < 1.29 is 14.4 Å². The Morgan fingerprint density at radius 1 is 1.75 bits per heavy atom. The highest BCUT2D eigenvalue weighted by Crippen LogP contribution is 2.27. The first-order valence-electron chi connectivity index (χ1n) is 3.18. The van der Waals surface area contributed by atoms with E-state index in [4.69, 9.17) is 5.11 Å². The third-order valence-corrected chi connectivity index (χ3v) is 2.17. The van der Waals surface area contributed by atoms with Gasteiger partial charge in [-0.05, 0) is 0 Å². The highest BCUT2D eigenvalue weighted by Gasteiger charge is 2.19. The van der Waals surface area contributed by atoms with E-state index >= 15 is 0 Å². The Hall–Kier alpha value is -1.01. The molecule has 0 unspecified atom stereocenters. The number of hydrogen-bond donors (Lipinski definition) is 1. The van der Waals surface area contributed by atoms with E-state index in [9.17, 15) is 14.5 Å². The molecular weight excluding hydrogens is 185 g/mol. The van der Waals surface area contributed by atoms with Crippen LogP contribution in [0.4, 0.5) is 10.1 Å². The first kappa shape index (κ1) is 9.08. The highest BCUT2D eigenvalue weighted by molar-refractivity contribution is 7.08. The zero-order valence-corrected chi connectivity index (χ0v) is 6.81. The van der Waals surface area contributed by atoms with Crippen molar-refractivity contribution in [1.29, 1.82) is 0 Å². The lowest BCUT2D eigenvalue weighted by Crippen LogP contribution is -1.96. The van der Waals surface area contributed by atoms with Gasteiger partial charge in [0.2, 0.25) is 0 Å². The highest BCUT2D eigenvalue weighted by atomic mass is 32.1. The van der Waals surface area contributed by atoms with E-state index in [0.717, 1.165) is 5.38 Å². The molecular formula is C6H6FNO3S. The molecule has 4 nitrogen and oxygen atoms in total. The molecule has 0 saturated heterocycles. The maximum absolute atomic E-state index is 12.8. The van der Waals surface area contributed by atoms with E-state index in [2.05, 4.69) is 0 Å². The van der Waals surface area contributed by atoms with Crippen LogP contribution in [0.2, 0.25) is 0 Å². The molecule has 0 fully saturated rings. The summed E-state index contributed by atoms with van der Waals surface area (Å²) in [5, 5.41) is 19.3. The Labute approximate surface area is 71.4 Å². The summed E-state index contributed by atoms with van der Waals surface area (Å²) >= 11 is 0.680. The molecule has 0 aromatic carbocycles. The molecule has 0 atom stereocenters. The van der Waals surface area contributed by atoms with Crippen molar-refractivity contribution >= 4 is 17.0 Å². The molecule has 1 heterocycles. The molecule has 1 aromatic heterocycles. The van der Waals surface area contributed by atoms with Crippen molar-refractivity contribution in [1.82, 2.24) is 0 Å². The fraction of sp³-hybridized carbons (Fsp3) is 0.333. The van der Waals surface area contributed by atoms with Gasteiger partial charge in [-0.2, -0.15) is 4.39 Å². The molecule has 0 aliphatic carbocycles. The van der Waals surface area contributed by atoms with Crippen LogP contribution in [-0.2, 0) is 6.42 Å². The van der Waals surface area contributed by atoms with Crippen LogP contribution in [0, 0.1) is 15.2 Å². The molecule has 6 heteroatoms. The van der Waals surface area contributed by atoms with Crippen LogP contribution in [0.25, 0.3) is 0 Å². The lowest BCUT2D eigenvalue weighted by molar-refractivity contribution is -0.385. The number of halogens is 1. The quantitative estimate of drug-likeness (QED) is 0.579. The average molecular weight is 191 g/mol. The minimum absolute atomic E-state index is 0.00694. The predicted octanol–water partition coefficient (Wildman–Crippen LogP) is 1.33. The third-order valence-electron chi connectivity index (χ3n) is 1.38. The lowest BCUT2D eigenvalue weighted by Gasteiger charge is -1.92. The Balaban J connectivity index is 3.03. The average Bonchev–Trinajstić information content (AvgIpc) is 2.34. The van der Waals surface area contributed by atoms with Crippen molar-refractivity contribution in [2.45, 2.75) is 6.42 Å². The summed E-state index contributed by atoms with van der Waals surface area (Å²) < 4.78 is 12.8. The van der Waals surface area contributed by atoms with E-state index < -0.39 is 10.1 Å². The standard InChI is InChI=1S/C6H6FNO3S/c7-6-4(1-2-9)5(3-12-6)8(10)11/h3,9H,1-2H2. The molecule has 0 amide bonds. The van der Waals surface area contributed by atoms with Crippen molar-refractivity contribution in [2.75, 3.05) is 6.61 Å². The van der Waals surface area contributed by atoms with Crippen molar-refractivity contribution in [3.05, 3.63) is 26.2 Å². The van der Waals surface area contributed by atoms with Crippen LogP contribution in [-0.4, -0.2) is 16.6 Å². The fourth-order valence-electron chi connectivity index (χ4n) is 0.842. The van der Waals surface area contributed by atoms with Crippen LogP contribution in [0.5, 0.6) is 0 Å². The summed E-state index contributed by atoms with van der Waals surface area (Å²) in [5.41, 5.74) is -0.251. The topological polar surface area (TPSA) is 63.4 Å². The van der Waals surface area contributed by atoms with Gasteiger partial charge in [-0.1, -0.05) is 0 Å².